The highest BCUT2D eigenvalue weighted by Crippen LogP contribution is 2.33. The number of hydrogen-bond donors (Lipinski definition) is 2. The topological polar surface area (TPSA) is 74.1 Å². The number of fused-ring (bicyclic) bond motifs is 2. The van der Waals surface area contributed by atoms with Crippen LogP contribution >= 0.6 is 15.9 Å². The molecule has 0 spiro atoms. The Hall–Kier alpha value is -2.64. The van der Waals surface area contributed by atoms with Crippen molar-refractivity contribution >= 4 is 43.8 Å². The lowest BCUT2D eigenvalue weighted by molar-refractivity contribution is 0.198. The fourth-order valence-electron chi connectivity index (χ4n) is 4.31. The Morgan fingerprint density at radius 3 is 2.72 bits per heavy atom. The Labute approximate surface area is 176 Å². The number of H-pyrrole nitrogens is 1. The van der Waals surface area contributed by atoms with Gasteiger partial charge in [-0.3, -0.25) is 10.00 Å². The third kappa shape index (κ3) is 3.34. The van der Waals surface area contributed by atoms with Crippen molar-refractivity contribution in [2.75, 3.05) is 13.1 Å². The van der Waals surface area contributed by atoms with Crippen LogP contribution in [0.5, 0.6) is 0 Å². The third-order valence-corrected chi connectivity index (χ3v) is 6.17. The second kappa shape index (κ2) is 7.31. The lowest BCUT2D eigenvalue weighted by Gasteiger charge is -2.26. The van der Waals surface area contributed by atoms with Gasteiger partial charge in [0.15, 0.2) is 0 Å². The van der Waals surface area contributed by atoms with Gasteiger partial charge in [-0.25, -0.2) is 9.36 Å². The Balaban J connectivity index is 1.60. The molecule has 29 heavy (non-hydrogen) atoms. The molecule has 0 unspecified atom stereocenters. The highest BCUT2D eigenvalue weighted by molar-refractivity contribution is 9.10. The molecule has 1 fully saturated rings. The molecular weight excluding hydrogens is 432 g/mol. The Morgan fingerprint density at radius 1 is 1.10 bits per heavy atom. The van der Waals surface area contributed by atoms with Crippen molar-refractivity contribution in [2.45, 2.75) is 25.8 Å². The number of carboxylic acid groups (broad SMARTS) is 1. The predicted octanol–water partition coefficient (Wildman–Crippen LogP) is 5.46. The zero-order chi connectivity index (χ0) is 20.0. The molecular formula is C22H21BrN4O2. The Kier molecular flexibility index (Phi) is 4.64. The van der Waals surface area contributed by atoms with Crippen molar-refractivity contribution in [1.82, 2.24) is 19.7 Å². The molecule has 6 nitrogen and oxygen atoms in total. The SMILES string of the molecule is O=C(O)n1c(-c2n[nH]c3cc(Br)ccc23)cc2cc(CN3CCCCC3)ccc21. The molecule has 0 aliphatic carbocycles. The van der Waals surface area contributed by atoms with E-state index in [9.17, 15) is 9.90 Å². The molecule has 2 aromatic heterocycles. The smallest absolute Gasteiger partial charge is 0.416 e. The van der Waals surface area contributed by atoms with Crippen molar-refractivity contribution in [3.05, 3.63) is 52.5 Å². The summed E-state index contributed by atoms with van der Waals surface area (Å²) in [5, 5.41) is 19.2. The van der Waals surface area contributed by atoms with Crippen LogP contribution in [0.4, 0.5) is 4.79 Å². The summed E-state index contributed by atoms with van der Waals surface area (Å²) in [7, 11) is 0. The second-order valence-electron chi connectivity index (χ2n) is 7.64. The van der Waals surface area contributed by atoms with Crippen molar-refractivity contribution in [3.63, 3.8) is 0 Å². The molecule has 1 saturated heterocycles. The fourth-order valence-corrected chi connectivity index (χ4v) is 4.67. The fraction of sp³-hybridized carbons (Fsp3) is 0.273. The minimum Gasteiger partial charge on any atom is -0.464 e. The van der Waals surface area contributed by atoms with Crippen LogP contribution in [0, 0.1) is 0 Å². The number of hydrogen-bond acceptors (Lipinski definition) is 3. The molecule has 0 bridgehead atoms. The van der Waals surface area contributed by atoms with Crippen molar-refractivity contribution in [2.24, 2.45) is 0 Å². The number of likely N-dealkylation sites (tertiary alicyclic amines) is 1. The maximum atomic E-state index is 12.1. The summed E-state index contributed by atoms with van der Waals surface area (Å²) in [5.41, 5.74) is 3.98. The first-order valence-electron chi connectivity index (χ1n) is 9.84. The van der Waals surface area contributed by atoms with Gasteiger partial charge in [-0.15, -0.1) is 0 Å². The zero-order valence-electron chi connectivity index (χ0n) is 15.9. The van der Waals surface area contributed by atoms with Crippen LogP contribution in [0.3, 0.4) is 0 Å². The number of aromatic amines is 1. The van der Waals surface area contributed by atoms with Crippen LogP contribution in [-0.2, 0) is 6.54 Å². The lowest BCUT2D eigenvalue weighted by atomic mass is 10.1. The average molecular weight is 453 g/mol. The molecule has 148 valence electrons. The summed E-state index contributed by atoms with van der Waals surface area (Å²) in [6, 6.07) is 13.8. The maximum Gasteiger partial charge on any atom is 0.416 e. The van der Waals surface area contributed by atoms with E-state index < -0.39 is 6.09 Å². The molecule has 7 heteroatoms. The minimum absolute atomic E-state index is 0.580. The first-order chi connectivity index (χ1) is 14.1. The molecule has 1 aliphatic heterocycles. The van der Waals surface area contributed by atoms with E-state index >= 15 is 0 Å². The van der Waals surface area contributed by atoms with E-state index in [-0.39, 0.29) is 0 Å². The summed E-state index contributed by atoms with van der Waals surface area (Å²) < 4.78 is 2.28. The molecule has 1 aliphatic rings. The van der Waals surface area contributed by atoms with Crippen LogP contribution in [0.1, 0.15) is 24.8 Å². The molecule has 0 amide bonds. The number of rotatable bonds is 3. The summed E-state index contributed by atoms with van der Waals surface area (Å²) in [6.45, 7) is 3.17. The van der Waals surface area contributed by atoms with E-state index in [2.05, 4.69) is 37.1 Å². The van der Waals surface area contributed by atoms with Gasteiger partial charge in [-0.1, -0.05) is 28.4 Å². The van der Waals surface area contributed by atoms with Crippen LogP contribution in [0.15, 0.2) is 46.9 Å². The van der Waals surface area contributed by atoms with Gasteiger partial charge in [0.25, 0.3) is 0 Å². The van der Waals surface area contributed by atoms with Crippen molar-refractivity contribution in [1.29, 1.82) is 0 Å². The molecule has 0 atom stereocenters. The van der Waals surface area contributed by atoms with Gasteiger partial charge in [-0.05, 0) is 67.9 Å². The van der Waals surface area contributed by atoms with Gasteiger partial charge >= 0.3 is 6.09 Å². The van der Waals surface area contributed by atoms with E-state index in [4.69, 9.17) is 0 Å². The molecule has 4 aromatic rings. The van der Waals surface area contributed by atoms with E-state index in [1.165, 1.54) is 29.4 Å². The first-order valence-corrected chi connectivity index (χ1v) is 10.6. The summed E-state index contributed by atoms with van der Waals surface area (Å²) >= 11 is 3.46. The number of benzene rings is 2. The van der Waals surface area contributed by atoms with Gasteiger partial charge in [0.2, 0.25) is 0 Å². The molecule has 5 rings (SSSR count). The van der Waals surface area contributed by atoms with Crippen LogP contribution in [0.25, 0.3) is 33.2 Å². The number of aromatic nitrogens is 3. The molecule has 0 radical (unpaired) electrons. The Morgan fingerprint density at radius 2 is 1.93 bits per heavy atom. The van der Waals surface area contributed by atoms with Crippen molar-refractivity contribution < 1.29 is 9.90 Å². The molecule has 2 N–H and O–H groups in total. The quantitative estimate of drug-likeness (QED) is 0.432. The predicted molar refractivity (Wildman–Crippen MR) is 117 cm³/mol. The van der Waals surface area contributed by atoms with E-state index in [0.29, 0.717) is 16.9 Å². The third-order valence-electron chi connectivity index (χ3n) is 5.68. The highest BCUT2D eigenvalue weighted by Gasteiger charge is 2.20. The van der Waals surface area contributed by atoms with Gasteiger partial charge in [0.05, 0.1) is 16.7 Å². The number of piperidine rings is 1. The standard InChI is InChI=1S/C22H21BrN4O2/c23-16-5-6-17-18(12-16)24-25-21(17)20-11-15-10-14(13-26-8-2-1-3-9-26)4-7-19(15)27(20)22(28)29/h4-7,10-12H,1-3,8-9,13H2,(H,24,25)(H,28,29). The van der Waals surface area contributed by atoms with Crippen LogP contribution < -0.4 is 0 Å². The van der Waals surface area contributed by atoms with Gasteiger partial charge in [0.1, 0.15) is 5.69 Å². The average Bonchev–Trinajstić information content (AvgIpc) is 3.29. The van der Waals surface area contributed by atoms with E-state index in [1.54, 1.807) is 0 Å². The maximum absolute atomic E-state index is 12.1. The Bertz CT molecular complexity index is 1220. The monoisotopic (exact) mass is 452 g/mol. The van der Waals surface area contributed by atoms with Gasteiger partial charge in [0, 0.05) is 21.8 Å². The largest absolute Gasteiger partial charge is 0.464 e. The highest BCUT2D eigenvalue weighted by atomic mass is 79.9. The number of nitrogens with one attached hydrogen (secondary N) is 1. The lowest BCUT2D eigenvalue weighted by Crippen LogP contribution is -2.29. The summed E-state index contributed by atoms with van der Waals surface area (Å²) in [6.07, 6.45) is 2.81. The van der Waals surface area contributed by atoms with Gasteiger partial charge in [-0.2, -0.15) is 5.10 Å². The minimum atomic E-state index is -1.01. The number of carbonyl (C=O) groups is 1. The molecule has 0 saturated carbocycles. The van der Waals surface area contributed by atoms with Crippen molar-refractivity contribution in [3.8, 4) is 11.4 Å². The zero-order valence-corrected chi connectivity index (χ0v) is 17.4. The summed E-state index contributed by atoms with van der Waals surface area (Å²) in [5.74, 6) is 0. The first kappa shape index (κ1) is 18.4. The summed E-state index contributed by atoms with van der Waals surface area (Å²) in [4.78, 5) is 14.6. The number of halogens is 1. The van der Waals surface area contributed by atoms with E-state index in [1.807, 2.05) is 36.4 Å². The van der Waals surface area contributed by atoms with Crippen LogP contribution in [0.2, 0.25) is 0 Å². The molecule has 2 aromatic carbocycles. The number of nitrogens with zero attached hydrogens (tertiary/aromatic N) is 3. The van der Waals surface area contributed by atoms with Crippen LogP contribution in [-0.4, -0.2) is 44.0 Å². The normalized spacial score (nSPS) is 15.3. The molecule has 3 heterocycles. The van der Waals surface area contributed by atoms with Gasteiger partial charge < -0.3 is 5.11 Å². The second-order valence-corrected chi connectivity index (χ2v) is 8.56. The van der Waals surface area contributed by atoms with E-state index in [0.717, 1.165) is 40.4 Å².